The first-order valence-electron chi connectivity index (χ1n) is 8.77. The second-order valence-electron chi connectivity index (χ2n) is 6.52. The van der Waals surface area contributed by atoms with E-state index < -0.39 is 5.82 Å². The van der Waals surface area contributed by atoms with E-state index in [1.54, 1.807) is 12.1 Å². The average Bonchev–Trinajstić information content (AvgIpc) is 3.12. The van der Waals surface area contributed by atoms with Gasteiger partial charge in [0.05, 0.1) is 11.2 Å². The highest BCUT2D eigenvalue weighted by molar-refractivity contribution is 5.91. The Morgan fingerprint density at radius 3 is 2.59 bits per heavy atom. The summed E-state index contributed by atoms with van der Waals surface area (Å²) in [5.74, 6) is -0.778. The molecule has 0 saturated heterocycles. The molecule has 0 atom stereocenters. The molecule has 0 bridgehead atoms. The lowest BCUT2D eigenvalue weighted by molar-refractivity contribution is 0.616. The fourth-order valence-electron chi connectivity index (χ4n) is 3.61. The maximum atomic E-state index is 15.7. The van der Waals surface area contributed by atoms with Crippen molar-refractivity contribution < 1.29 is 8.78 Å². The number of halogens is 2. The van der Waals surface area contributed by atoms with Gasteiger partial charge in [-0.1, -0.05) is 18.2 Å². The lowest BCUT2D eigenvalue weighted by Crippen LogP contribution is -2.10. The number of benzene rings is 2. The van der Waals surface area contributed by atoms with Gasteiger partial charge < -0.3 is 4.57 Å². The van der Waals surface area contributed by atoms with Crippen LogP contribution >= 0.6 is 0 Å². The van der Waals surface area contributed by atoms with Gasteiger partial charge in [-0.25, -0.2) is 13.8 Å². The third-order valence-electron chi connectivity index (χ3n) is 4.90. The topological polar surface area (TPSA) is 30.2 Å². The smallest absolute Gasteiger partial charge is 0.174 e. The third kappa shape index (κ3) is 2.54. The van der Waals surface area contributed by atoms with Crippen molar-refractivity contribution in [1.82, 2.24) is 9.55 Å². The third-order valence-corrected chi connectivity index (χ3v) is 4.90. The Kier molecular flexibility index (Phi) is 3.60. The zero-order valence-corrected chi connectivity index (χ0v) is 14.4. The van der Waals surface area contributed by atoms with Crippen molar-refractivity contribution in [2.75, 3.05) is 6.54 Å². The van der Waals surface area contributed by atoms with Crippen molar-refractivity contribution in [2.45, 2.75) is 6.42 Å². The van der Waals surface area contributed by atoms with Gasteiger partial charge in [-0.2, -0.15) is 0 Å². The van der Waals surface area contributed by atoms with Crippen LogP contribution in [0.2, 0.25) is 0 Å². The molecule has 3 nitrogen and oxygen atoms in total. The quantitative estimate of drug-likeness (QED) is 0.498. The summed E-state index contributed by atoms with van der Waals surface area (Å²) in [5.41, 5.74) is 3.96. The minimum absolute atomic E-state index is 0.218. The van der Waals surface area contributed by atoms with Gasteiger partial charge in [-0.05, 0) is 36.4 Å². The van der Waals surface area contributed by atoms with Crippen LogP contribution < -0.4 is 0 Å². The van der Waals surface area contributed by atoms with Crippen LogP contribution in [0, 0.1) is 11.6 Å². The highest BCUT2D eigenvalue weighted by Gasteiger charge is 2.21. The Morgan fingerprint density at radius 1 is 0.926 bits per heavy atom. The monoisotopic (exact) mass is 359 g/mol. The number of aliphatic imine (C=N–C) groups is 1. The molecule has 2 aromatic carbocycles. The van der Waals surface area contributed by atoms with Gasteiger partial charge in [0.15, 0.2) is 5.82 Å². The van der Waals surface area contributed by atoms with E-state index in [0.29, 0.717) is 23.3 Å². The van der Waals surface area contributed by atoms with E-state index in [9.17, 15) is 4.39 Å². The molecule has 1 aliphatic rings. The second-order valence-corrected chi connectivity index (χ2v) is 6.52. The van der Waals surface area contributed by atoms with E-state index >= 15 is 4.39 Å². The first-order chi connectivity index (χ1) is 13.2. The molecule has 0 amide bonds. The Labute approximate surface area is 154 Å². The number of hydrogen-bond acceptors (Lipinski definition) is 2. The molecule has 0 N–H and O–H groups in total. The Hall–Kier alpha value is -3.34. The summed E-state index contributed by atoms with van der Waals surface area (Å²) in [7, 11) is 0. The lowest BCUT2D eigenvalue weighted by atomic mass is 10.1. The molecule has 0 aliphatic carbocycles. The maximum absolute atomic E-state index is 15.7. The molecule has 5 heteroatoms. The van der Waals surface area contributed by atoms with Crippen molar-refractivity contribution in [3.63, 3.8) is 0 Å². The molecule has 132 valence electrons. The van der Waals surface area contributed by atoms with Crippen LogP contribution in [0.3, 0.4) is 0 Å². The maximum Gasteiger partial charge on any atom is 0.174 e. The highest BCUT2D eigenvalue weighted by atomic mass is 19.1. The molecule has 0 radical (unpaired) electrons. The van der Waals surface area contributed by atoms with Crippen molar-refractivity contribution in [1.29, 1.82) is 0 Å². The van der Waals surface area contributed by atoms with Gasteiger partial charge in [0.2, 0.25) is 0 Å². The largest absolute Gasteiger partial charge is 0.317 e. The lowest BCUT2D eigenvalue weighted by Gasteiger charge is -2.17. The Morgan fingerprint density at radius 2 is 1.74 bits per heavy atom. The molecule has 5 rings (SSSR count). The van der Waals surface area contributed by atoms with E-state index in [2.05, 4.69) is 9.98 Å². The molecule has 0 unspecified atom stereocenters. The fraction of sp³-hybridized carbons (Fsp3) is 0.0909. The number of nitrogens with zero attached hydrogens (tertiary/aromatic N) is 3. The summed E-state index contributed by atoms with van der Waals surface area (Å²) in [6, 6.07) is 15.2. The molecule has 0 saturated carbocycles. The van der Waals surface area contributed by atoms with E-state index in [-0.39, 0.29) is 11.5 Å². The van der Waals surface area contributed by atoms with E-state index in [1.807, 2.05) is 47.3 Å². The number of aromatic nitrogens is 2. The van der Waals surface area contributed by atoms with E-state index in [0.717, 1.165) is 23.1 Å². The number of pyridine rings is 1. The first kappa shape index (κ1) is 15.9. The van der Waals surface area contributed by atoms with Gasteiger partial charge in [0.1, 0.15) is 11.5 Å². The molecule has 4 aromatic rings. The van der Waals surface area contributed by atoms with Gasteiger partial charge in [-0.3, -0.25) is 4.99 Å². The van der Waals surface area contributed by atoms with Crippen molar-refractivity contribution in [2.24, 2.45) is 4.99 Å². The zero-order chi connectivity index (χ0) is 18.4. The molecule has 1 aliphatic heterocycles. The van der Waals surface area contributed by atoms with Crippen LogP contribution in [0.5, 0.6) is 0 Å². The summed E-state index contributed by atoms with van der Waals surface area (Å²) in [4.78, 5) is 8.82. The summed E-state index contributed by atoms with van der Waals surface area (Å²) in [6.07, 6.45) is 4.46. The summed E-state index contributed by atoms with van der Waals surface area (Å²) in [5, 5.41) is 0.738. The van der Waals surface area contributed by atoms with Gasteiger partial charge in [-0.15, -0.1) is 0 Å². The molecular formula is C22H15F2N3. The highest BCUT2D eigenvalue weighted by Crippen LogP contribution is 2.33. The number of hydrogen-bond donors (Lipinski definition) is 0. The summed E-state index contributed by atoms with van der Waals surface area (Å²) in [6.45, 7) is 0.687. The number of rotatable bonds is 2. The SMILES string of the molecule is Fc1ccc(-c2nc3ccccc3c(-n3ccc4c3CCN=C4)c2F)cc1. The number of para-hydroxylation sites is 1. The molecule has 27 heavy (non-hydrogen) atoms. The predicted molar refractivity (Wildman–Crippen MR) is 103 cm³/mol. The summed E-state index contributed by atoms with van der Waals surface area (Å²) < 4.78 is 30.9. The van der Waals surface area contributed by atoms with Crippen LogP contribution in [-0.4, -0.2) is 22.3 Å². The van der Waals surface area contributed by atoms with Crippen molar-refractivity contribution in [3.05, 3.63) is 83.7 Å². The van der Waals surface area contributed by atoms with E-state index in [1.165, 1.54) is 12.1 Å². The fourth-order valence-corrected chi connectivity index (χ4v) is 3.61. The van der Waals surface area contributed by atoms with Crippen LogP contribution in [0.25, 0.3) is 27.8 Å². The van der Waals surface area contributed by atoms with Crippen molar-refractivity contribution in [3.8, 4) is 16.9 Å². The van der Waals surface area contributed by atoms with E-state index in [4.69, 9.17) is 0 Å². The van der Waals surface area contributed by atoms with Crippen molar-refractivity contribution >= 4 is 17.1 Å². The van der Waals surface area contributed by atoms with Gasteiger partial charge in [0, 0.05) is 47.6 Å². The average molecular weight is 359 g/mol. The molecular weight excluding hydrogens is 344 g/mol. The van der Waals surface area contributed by atoms with Crippen LogP contribution in [0.1, 0.15) is 11.3 Å². The van der Waals surface area contributed by atoms with Crippen LogP contribution in [0.4, 0.5) is 8.78 Å². The second kappa shape index (κ2) is 6.13. The summed E-state index contributed by atoms with van der Waals surface area (Å²) >= 11 is 0. The van der Waals surface area contributed by atoms with Gasteiger partial charge in [0.25, 0.3) is 0 Å². The Balaban J connectivity index is 1.83. The van der Waals surface area contributed by atoms with Crippen LogP contribution in [-0.2, 0) is 6.42 Å². The minimum atomic E-state index is -0.416. The Bertz CT molecular complexity index is 1190. The number of fused-ring (bicyclic) bond motifs is 2. The zero-order valence-electron chi connectivity index (χ0n) is 14.4. The molecule has 0 spiro atoms. The standard InChI is InChI=1S/C22H15F2N3/c23-16-7-5-14(6-8-16)21-20(24)22(17-3-1-2-4-18(17)26-21)27-12-10-15-13-25-11-9-19(15)27/h1-8,10,12-13H,9,11H2. The first-order valence-corrected chi connectivity index (χ1v) is 8.77. The predicted octanol–water partition coefficient (Wildman–Crippen LogP) is 4.95. The minimum Gasteiger partial charge on any atom is -0.317 e. The normalized spacial score (nSPS) is 13.1. The molecule has 2 aromatic heterocycles. The van der Waals surface area contributed by atoms with Gasteiger partial charge >= 0.3 is 0 Å². The van der Waals surface area contributed by atoms with Crippen LogP contribution in [0.15, 0.2) is 65.8 Å². The molecule has 3 heterocycles. The molecule has 0 fully saturated rings.